The standard InChI is InChI=1S/C20H30BrNO3/c1-4-24-20(23)14-22-11-9-17(10-12-22)6-5-16(3)25-18-7-8-19(21)15(2)13-18/h7-8,13,16-17H,4-6,9-12,14H2,1-3H3/t16-/m0/s1. The van der Waals surface area contributed by atoms with E-state index in [4.69, 9.17) is 9.47 Å². The maximum atomic E-state index is 11.5. The number of nitrogens with zero attached hydrogens (tertiary/aromatic N) is 1. The smallest absolute Gasteiger partial charge is 0.320 e. The first-order valence-electron chi connectivity index (χ1n) is 9.28. The molecule has 1 aromatic rings. The van der Waals surface area contributed by atoms with Crippen LogP contribution in [0, 0.1) is 12.8 Å². The molecule has 0 saturated carbocycles. The fourth-order valence-corrected chi connectivity index (χ4v) is 3.52. The van der Waals surface area contributed by atoms with Crippen LogP contribution in [0.2, 0.25) is 0 Å². The summed E-state index contributed by atoms with van der Waals surface area (Å²) in [4.78, 5) is 13.8. The first-order chi connectivity index (χ1) is 12.0. The van der Waals surface area contributed by atoms with Gasteiger partial charge in [-0.1, -0.05) is 15.9 Å². The second-order valence-corrected chi connectivity index (χ2v) is 7.80. The fourth-order valence-electron chi connectivity index (χ4n) is 3.27. The van der Waals surface area contributed by atoms with E-state index in [9.17, 15) is 4.79 Å². The zero-order chi connectivity index (χ0) is 18.2. The lowest BCUT2D eigenvalue weighted by Gasteiger charge is -2.31. The lowest BCUT2D eigenvalue weighted by Crippen LogP contribution is -2.38. The number of likely N-dealkylation sites (tertiary alicyclic amines) is 1. The van der Waals surface area contributed by atoms with E-state index in [1.807, 2.05) is 19.1 Å². The SMILES string of the molecule is CCOC(=O)CN1CCC(CC[C@H](C)Oc2ccc(Br)c(C)c2)CC1. The second kappa shape index (κ2) is 10.2. The summed E-state index contributed by atoms with van der Waals surface area (Å²) in [5.74, 6) is 1.57. The molecule has 0 N–H and O–H groups in total. The Balaban J connectivity index is 1.66. The molecule has 2 rings (SSSR count). The van der Waals surface area contributed by atoms with Gasteiger partial charge < -0.3 is 9.47 Å². The second-order valence-electron chi connectivity index (χ2n) is 6.94. The summed E-state index contributed by atoms with van der Waals surface area (Å²) in [5.41, 5.74) is 1.19. The number of hydrogen-bond donors (Lipinski definition) is 0. The van der Waals surface area contributed by atoms with E-state index in [0.29, 0.717) is 13.2 Å². The quantitative estimate of drug-likeness (QED) is 0.586. The third-order valence-electron chi connectivity index (χ3n) is 4.81. The molecule has 4 nitrogen and oxygen atoms in total. The van der Waals surface area contributed by atoms with Crippen molar-refractivity contribution in [2.45, 2.75) is 52.6 Å². The predicted octanol–water partition coefficient (Wildman–Crippen LogP) is 4.58. The molecule has 0 aliphatic carbocycles. The van der Waals surface area contributed by atoms with Gasteiger partial charge in [-0.3, -0.25) is 9.69 Å². The molecule has 1 saturated heterocycles. The number of piperidine rings is 1. The number of esters is 1. The van der Waals surface area contributed by atoms with E-state index in [0.717, 1.165) is 48.5 Å². The van der Waals surface area contributed by atoms with Gasteiger partial charge in [-0.25, -0.2) is 0 Å². The normalized spacial score (nSPS) is 17.3. The van der Waals surface area contributed by atoms with Crippen LogP contribution in [0.25, 0.3) is 0 Å². The van der Waals surface area contributed by atoms with Crippen LogP contribution in [0.1, 0.15) is 45.1 Å². The average Bonchev–Trinajstić information content (AvgIpc) is 2.58. The summed E-state index contributed by atoms with van der Waals surface area (Å²) >= 11 is 3.52. The molecule has 25 heavy (non-hydrogen) atoms. The van der Waals surface area contributed by atoms with Crippen molar-refractivity contribution in [1.29, 1.82) is 0 Å². The van der Waals surface area contributed by atoms with E-state index < -0.39 is 0 Å². The summed E-state index contributed by atoms with van der Waals surface area (Å²) in [6.45, 7) is 8.95. The van der Waals surface area contributed by atoms with E-state index >= 15 is 0 Å². The maximum Gasteiger partial charge on any atom is 0.320 e. The molecule has 0 bridgehead atoms. The fraction of sp³-hybridized carbons (Fsp3) is 0.650. The number of hydrogen-bond acceptors (Lipinski definition) is 4. The molecule has 140 valence electrons. The Hall–Kier alpha value is -1.07. The molecular formula is C20H30BrNO3. The van der Waals surface area contributed by atoms with Gasteiger partial charge >= 0.3 is 5.97 Å². The minimum Gasteiger partial charge on any atom is -0.491 e. The lowest BCUT2D eigenvalue weighted by molar-refractivity contribution is -0.144. The van der Waals surface area contributed by atoms with E-state index in [-0.39, 0.29) is 12.1 Å². The third-order valence-corrected chi connectivity index (χ3v) is 5.70. The molecule has 0 spiro atoms. The summed E-state index contributed by atoms with van der Waals surface area (Å²) < 4.78 is 12.2. The number of benzene rings is 1. The monoisotopic (exact) mass is 411 g/mol. The van der Waals surface area contributed by atoms with Crippen LogP contribution in [0.15, 0.2) is 22.7 Å². The number of halogens is 1. The Bertz CT molecular complexity index is 556. The van der Waals surface area contributed by atoms with Gasteiger partial charge in [0.25, 0.3) is 0 Å². The van der Waals surface area contributed by atoms with Gasteiger partial charge in [-0.15, -0.1) is 0 Å². The molecule has 0 radical (unpaired) electrons. The van der Waals surface area contributed by atoms with Gasteiger partial charge in [0.1, 0.15) is 5.75 Å². The number of carbonyl (C=O) groups excluding carboxylic acids is 1. The molecule has 5 heteroatoms. The predicted molar refractivity (Wildman–Crippen MR) is 104 cm³/mol. The highest BCUT2D eigenvalue weighted by Gasteiger charge is 2.21. The van der Waals surface area contributed by atoms with Gasteiger partial charge in [0.2, 0.25) is 0 Å². The Morgan fingerprint density at radius 2 is 2.08 bits per heavy atom. The van der Waals surface area contributed by atoms with Gasteiger partial charge in [0.15, 0.2) is 0 Å². The summed E-state index contributed by atoms with van der Waals surface area (Å²) in [7, 11) is 0. The van der Waals surface area contributed by atoms with Crippen molar-refractivity contribution in [2.75, 3.05) is 26.2 Å². The van der Waals surface area contributed by atoms with Gasteiger partial charge in [-0.05, 0) is 89.2 Å². The number of ether oxygens (including phenoxy) is 2. The minimum absolute atomic E-state index is 0.104. The highest BCUT2D eigenvalue weighted by atomic mass is 79.9. The molecule has 1 aliphatic rings. The van der Waals surface area contributed by atoms with Crippen molar-refractivity contribution in [3.05, 3.63) is 28.2 Å². The minimum atomic E-state index is -0.104. The Labute approximate surface area is 160 Å². The zero-order valence-corrected chi connectivity index (χ0v) is 17.2. The van der Waals surface area contributed by atoms with Crippen LogP contribution in [-0.4, -0.2) is 43.2 Å². The molecule has 1 aromatic carbocycles. The summed E-state index contributed by atoms with van der Waals surface area (Å²) in [6, 6.07) is 6.13. The van der Waals surface area contributed by atoms with Gasteiger partial charge in [-0.2, -0.15) is 0 Å². The Kier molecular flexibility index (Phi) is 8.24. The summed E-state index contributed by atoms with van der Waals surface area (Å²) in [5, 5.41) is 0. The van der Waals surface area contributed by atoms with Crippen molar-refractivity contribution in [2.24, 2.45) is 5.92 Å². The first kappa shape index (κ1) is 20.2. The van der Waals surface area contributed by atoms with Crippen molar-refractivity contribution < 1.29 is 14.3 Å². The molecule has 0 unspecified atom stereocenters. The van der Waals surface area contributed by atoms with E-state index in [1.54, 1.807) is 0 Å². The first-order valence-corrected chi connectivity index (χ1v) is 10.1. The molecule has 1 atom stereocenters. The molecule has 1 heterocycles. The molecule has 0 amide bonds. The highest BCUT2D eigenvalue weighted by molar-refractivity contribution is 9.10. The zero-order valence-electron chi connectivity index (χ0n) is 15.6. The van der Waals surface area contributed by atoms with Crippen molar-refractivity contribution in [3.8, 4) is 5.75 Å². The Morgan fingerprint density at radius 1 is 1.36 bits per heavy atom. The van der Waals surface area contributed by atoms with Crippen LogP contribution < -0.4 is 4.74 Å². The molecule has 0 aromatic heterocycles. The highest BCUT2D eigenvalue weighted by Crippen LogP contribution is 2.25. The Morgan fingerprint density at radius 3 is 2.72 bits per heavy atom. The van der Waals surface area contributed by atoms with Gasteiger partial charge in [0, 0.05) is 4.47 Å². The van der Waals surface area contributed by atoms with Crippen LogP contribution >= 0.6 is 15.9 Å². The number of rotatable bonds is 8. The number of carbonyl (C=O) groups is 1. The van der Waals surface area contributed by atoms with Crippen LogP contribution in [0.3, 0.4) is 0 Å². The maximum absolute atomic E-state index is 11.5. The molecule has 1 aliphatic heterocycles. The van der Waals surface area contributed by atoms with Crippen LogP contribution in [0.5, 0.6) is 5.75 Å². The van der Waals surface area contributed by atoms with Gasteiger partial charge in [0.05, 0.1) is 19.3 Å². The summed E-state index contributed by atoms with van der Waals surface area (Å²) in [6.07, 6.45) is 4.78. The van der Waals surface area contributed by atoms with E-state index in [2.05, 4.69) is 40.7 Å². The topological polar surface area (TPSA) is 38.8 Å². The van der Waals surface area contributed by atoms with Crippen LogP contribution in [-0.2, 0) is 9.53 Å². The van der Waals surface area contributed by atoms with Crippen LogP contribution in [0.4, 0.5) is 0 Å². The molecular weight excluding hydrogens is 382 g/mol. The molecule has 1 fully saturated rings. The lowest BCUT2D eigenvalue weighted by atomic mass is 9.91. The number of aryl methyl sites for hydroxylation is 1. The van der Waals surface area contributed by atoms with Crippen molar-refractivity contribution in [1.82, 2.24) is 4.90 Å². The van der Waals surface area contributed by atoms with Crippen molar-refractivity contribution >= 4 is 21.9 Å². The van der Waals surface area contributed by atoms with Crippen molar-refractivity contribution in [3.63, 3.8) is 0 Å². The average molecular weight is 412 g/mol. The largest absolute Gasteiger partial charge is 0.491 e. The van der Waals surface area contributed by atoms with E-state index in [1.165, 1.54) is 12.0 Å². The third kappa shape index (κ3) is 6.98.